The molecule has 1 N–H and O–H groups in total. The second kappa shape index (κ2) is 3.94. The maximum atomic E-state index is 5.33. The molecule has 1 unspecified atom stereocenters. The molecule has 0 aliphatic carbocycles. The van der Waals surface area contributed by atoms with Crippen molar-refractivity contribution < 1.29 is 4.84 Å². The van der Waals surface area contributed by atoms with Crippen molar-refractivity contribution in [2.75, 3.05) is 0 Å². The highest BCUT2D eigenvalue weighted by Crippen LogP contribution is 2.04. The van der Waals surface area contributed by atoms with Gasteiger partial charge in [-0.05, 0) is 34.1 Å². The van der Waals surface area contributed by atoms with Gasteiger partial charge in [0.05, 0.1) is 5.60 Å². The largest absolute Gasteiger partial charge is 0.296 e. The molecule has 0 saturated heterocycles. The van der Waals surface area contributed by atoms with E-state index in [1.54, 1.807) is 0 Å². The van der Waals surface area contributed by atoms with Crippen molar-refractivity contribution >= 4 is 0 Å². The first-order chi connectivity index (χ1) is 4.45. The van der Waals surface area contributed by atoms with Crippen LogP contribution in [0.2, 0.25) is 0 Å². The summed E-state index contributed by atoms with van der Waals surface area (Å²) in [7, 11) is 0. The molecule has 0 fully saturated rings. The Morgan fingerprint density at radius 3 is 2.20 bits per heavy atom. The van der Waals surface area contributed by atoms with Crippen LogP contribution in [0.15, 0.2) is 0 Å². The van der Waals surface area contributed by atoms with Crippen LogP contribution in [0.4, 0.5) is 0 Å². The summed E-state index contributed by atoms with van der Waals surface area (Å²) in [5, 5.41) is 0. The summed E-state index contributed by atoms with van der Waals surface area (Å²) >= 11 is 0. The molecule has 0 heterocycles. The molecule has 0 amide bonds. The lowest BCUT2D eigenvalue weighted by atomic mass is 10.2. The third-order valence-corrected chi connectivity index (χ3v) is 1.18. The lowest BCUT2D eigenvalue weighted by molar-refractivity contribution is -0.0862. The molecule has 0 aromatic heterocycles. The fraction of sp³-hybridized carbons (Fsp3) is 1.00. The molecule has 0 aliphatic rings. The Balaban J connectivity index is 3.36. The highest BCUT2D eigenvalue weighted by molar-refractivity contribution is 4.58. The van der Waals surface area contributed by atoms with E-state index in [9.17, 15) is 0 Å². The minimum Gasteiger partial charge on any atom is -0.296 e. The minimum absolute atomic E-state index is 0.0799. The van der Waals surface area contributed by atoms with Gasteiger partial charge in [-0.3, -0.25) is 4.84 Å². The predicted molar refractivity (Wildman–Crippen MR) is 43.7 cm³/mol. The Morgan fingerprint density at radius 2 is 1.90 bits per heavy atom. The van der Waals surface area contributed by atoms with Crippen LogP contribution in [-0.2, 0) is 4.84 Å². The number of rotatable bonds is 3. The van der Waals surface area contributed by atoms with Crippen molar-refractivity contribution in [2.24, 2.45) is 0 Å². The molecule has 0 radical (unpaired) electrons. The van der Waals surface area contributed by atoms with Gasteiger partial charge in [-0.1, -0.05) is 6.92 Å². The van der Waals surface area contributed by atoms with Crippen LogP contribution in [-0.4, -0.2) is 11.6 Å². The van der Waals surface area contributed by atoms with Gasteiger partial charge in [0.2, 0.25) is 0 Å². The van der Waals surface area contributed by atoms with Gasteiger partial charge in [-0.25, -0.2) is 0 Å². The third-order valence-electron chi connectivity index (χ3n) is 1.18. The highest BCUT2D eigenvalue weighted by atomic mass is 16.7. The van der Waals surface area contributed by atoms with Crippen LogP contribution < -0.4 is 5.48 Å². The second-order valence-electron chi connectivity index (χ2n) is 3.64. The van der Waals surface area contributed by atoms with Crippen molar-refractivity contribution in [3.8, 4) is 0 Å². The molecule has 2 nitrogen and oxygen atoms in total. The van der Waals surface area contributed by atoms with Crippen molar-refractivity contribution in [3.63, 3.8) is 0 Å². The van der Waals surface area contributed by atoms with E-state index >= 15 is 0 Å². The Hall–Kier alpha value is -0.0800. The highest BCUT2D eigenvalue weighted by Gasteiger charge is 2.10. The molecule has 0 aliphatic heterocycles. The van der Waals surface area contributed by atoms with Crippen LogP contribution in [0.25, 0.3) is 0 Å². The molecule has 0 saturated carbocycles. The van der Waals surface area contributed by atoms with E-state index in [2.05, 4.69) is 19.3 Å². The maximum Gasteiger partial charge on any atom is 0.0813 e. The first kappa shape index (κ1) is 9.92. The van der Waals surface area contributed by atoms with Crippen LogP contribution in [0.5, 0.6) is 0 Å². The Kier molecular flexibility index (Phi) is 3.91. The molecule has 1 atom stereocenters. The molecule has 10 heavy (non-hydrogen) atoms. The smallest absolute Gasteiger partial charge is 0.0813 e. The van der Waals surface area contributed by atoms with E-state index in [4.69, 9.17) is 4.84 Å². The standard InChI is InChI=1S/C8H19NO/c1-6-7(2)9-10-8(3,4)5/h7,9H,6H2,1-5H3. The van der Waals surface area contributed by atoms with Crippen LogP contribution in [0.3, 0.4) is 0 Å². The van der Waals surface area contributed by atoms with Crippen molar-refractivity contribution in [3.05, 3.63) is 0 Å². The Morgan fingerprint density at radius 1 is 1.40 bits per heavy atom. The number of hydrogen-bond donors (Lipinski definition) is 1. The van der Waals surface area contributed by atoms with Gasteiger partial charge in [-0.15, -0.1) is 0 Å². The van der Waals surface area contributed by atoms with Crippen LogP contribution in [0, 0.1) is 0 Å². The fourth-order valence-electron chi connectivity index (χ4n) is 0.361. The van der Waals surface area contributed by atoms with Gasteiger partial charge < -0.3 is 0 Å². The summed E-state index contributed by atoms with van der Waals surface area (Å²) < 4.78 is 0. The first-order valence-corrected chi connectivity index (χ1v) is 3.89. The van der Waals surface area contributed by atoms with E-state index < -0.39 is 0 Å². The van der Waals surface area contributed by atoms with Crippen LogP contribution in [0.1, 0.15) is 41.0 Å². The summed E-state index contributed by atoms with van der Waals surface area (Å²) in [5.74, 6) is 0. The number of hydroxylamine groups is 1. The Bertz CT molecular complexity index is 85.7. The van der Waals surface area contributed by atoms with Gasteiger partial charge in [0.25, 0.3) is 0 Å². The molecule has 0 rings (SSSR count). The average Bonchev–Trinajstić information content (AvgIpc) is 1.81. The van der Waals surface area contributed by atoms with Gasteiger partial charge >= 0.3 is 0 Å². The zero-order chi connectivity index (χ0) is 8.20. The third kappa shape index (κ3) is 6.05. The monoisotopic (exact) mass is 145 g/mol. The molecule has 0 aromatic rings. The summed E-state index contributed by atoms with van der Waals surface area (Å²) in [6.45, 7) is 10.3. The summed E-state index contributed by atoms with van der Waals surface area (Å²) in [5.41, 5.74) is 2.89. The molecular formula is C8H19NO. The lowest BCUT2D eigenvalue weighted by Crippen LogP contribution is -2.34. The van der Waals surface area contributed by atoms with Crippen molar-refractivity contribution in [1.29, 1.82) is 0 Å². The van der Waals surface area contributed by atoms with Crippen molar-refractivity contribution in [1.82, 2.24) is 5.48 Å². The van der Waals surface area contributed by atoms with E-state index in [0.717, 1.165) is 6.42 Å². The van der Waals surface area contributed by atoms with Crippen molar-refractivity contribution in [2.45, 2.75) is 52.7 Å². The lowest BCUT2D eigenvalue weighted by Gasteiger charge is -2.22. The van der Waals surface area contributed by atoms with Gasteiger partial charge in [0, 0.05) is 6.04 Å². The van der Waals surface area contributed by atoms with Gasteiger partial charge in [0.15, 0.2) is 0 Å². The molecule has 0 spiro atoms. The van der Waals surface area contributed by atoms with Gasteiger partial charge in [0.1, 0.15) is 0 Å². The predicted octanol–water partition coefficient (Wildman–Crippen LogP) is 2.10. The quantitative estimate of drug-likeness (QED) is 0.614. The molecular weight excluding hydrogens is 126 g/mol. The van der Waals surface area contributed by atoms with E-state index in [1.807, 2.05) is 20.8 Å². The molecule has 0 aromatic carbocycles. The number of hydrogen-bond acceptors (Lipinski definition) is 2. The summed E-state index contributed by atoms with van der Waals surface area (Å²) in [6.07, 6.45) is 1.09. The van der Waals surface area contributed by atoms with Gasteiger partial charge in [-0.2, -0.15) is 5.48 Å². The zero-order valence-electron chi connectivity index (χ0n) is 7.69. The zero-order valence-corrected chi connectivity index (χ0v) is 7.69. The number of nitrogens with one attached hydrogen (secondary N) is 1. The second-order valence-corrected chi connectivity index (χ2v) is 3.64. The Labute approximate surface area is 63.9 Å². The van der Waals surface area contributed by atoms with E-state index in [1.165, 1.54) is 0 Å². The summed E-state index contributed by atoms with van der Waals surface area (Å²) in [4.78, 5) is 5.33. The topological polar surface area (TPSA) is 21.3 Å². The minimum atomic E-state index is -0.0799. The maximum absolute atomic E-state index is 5.33. The van der Waals surface area contributed by atoms with E-state index in [-0.39, 0.29) is 5.60 Å². The molecule has 62 valence electrons. The average molecular weight is 145 g/mol. The SMILES string of the molecule is CCC(C)NOC(C)(C)C. The summed E-state index contributed by atoms with van der Waals surface area (Å²) in [6, 6.07) is 0.444. The fourth-order valence-corrected chi connectivity index (χ4v) is 0.361. The molecule has 2 heteroatoms. The first-order valence-electron chi connectivity index (χ1n) is 3.89. The van der Waals surface area contributed by atoms with E-state index in [0.29, 0.717) is 6.04 Å². The normalized spacial score (nSPS) is 15.3. The molecule has 0 bridgehead atoms. The van der Waals surface area contributed by atoms with Crippen LogP contribution >= 0.6 is 0 Å².